The van der Waals surface area contributed by atoms with Gasteiger partial charge < -0.3 is 9.64 Å². The van der Waals surface area contributed by atoms with Gasteiger partial charge in [0.25, 0.3) is 5.91 Å². The smallest absolute Gasteiger partial charge is 0.286 e. The molecule has 0 bridgehead atoms. The zero-order chi connectivity index (χ0) is 19.2. The summed E-state index contributed by atoms with van der Waals surface area (Å²) in [7, 11) is 0. The van der Waals surface area contributed by atoms with Crippen molar-refractivity contribution < 1.29 is 9.53 Å². The number of nitriles is 1. The fourth-order valence-corrected chi connectivity index (χ4v) is 3.96. The van der Waals surface area contributed by atoms with E-state index in [1.807, 2.05) is 44.2 Å². The summed E-state index contributed by atoms with van der Waals surface area (Å²) in [5, 5.41) is 9.48. The summed E-state index contributed by atoms with van der Waals surface area (Å²) >= 11 is 1.43. The van der Waals surface area contributed by atoms with Crippen molar-refractivity contribution in [3.63, 3.8) is 0 Å². The lowest BCUT2D eigenvalue weighted by molar-refractivity contribution is -0.113. The van der Waals surface area contributed by atoms with Gasteiger partial charge in [-0.1, -0.05) is 18.2 Å². The number of thioether (sulfide) groups is 1. The highest BCUT2D eigenvalue weighted by atomic mass is 32.2. The Morgan fingerprint density at radius 2 is 2.04 bits per heavy atom. The molecule has 7 heteroatoms. The van der Waals surface area contributed by atoms with Crippen molar-refractivity contribution in [3.8, 4) is 11.8 Å². The molecule has 1 saturated heterocycles. The summed E-state index contributed by atoms with van der Waals surface area (Å²) in [5.41, 5.74) is 0.889. The number of carbonyl (C=O) groups is 1. The summed E-state index contributed by atoms with van der Waals surface area (Å²) in [5.74, 6) is 0.578. The van der Waals surface area contributed by atoms with Crippen LogP contribution in [-0.2, 0) is 4.79 Å². The van der Waals surface area contributed by atoms with Crippen LogP contribution < -0.4 is 4.74 Å². The number of hydrogen-bond acceptors (Lipinski definition) is 6. The van der Waals surface area contributed by atoms with Crippen molar-refractivity contribution in [1.29, 1.82) is 5.26 Å². The zero-order valence-electron chi connectivity index (χ0n) is 15.7. The number of benzene rings is 1. The van der Waals surface area contributed by atoms with Gasteiger partial charge in [-0.15, -0.1) is 0 Å². The molecule has 0 saturated carbocycles. The Labute approximate surface area is 164 Å². The SMILES string of the molecule is CC(C)Oc1ccccc1C=C1SC(N2CCN(CCC#N)CC2)=NC1=O. The first kappa shape index (κ1) is 19.5. The minimum atomic E-state index is -0.193. The summed E-state index contributed by atoms with van der Waals surface area (Å²) in [6.07, 6.45) is 2.49. The van der Waals surface area contributed by atoms with E-state index in [0.717, 1.165) is 49.2 Å². The van der Waals surface area contributed by atoms with Gasteiger partial charge in [-0.3, -0.25) is 9.69 Å². The number of piperazine rings is 1. The Balaban J connectivity index is 1.65. The molecule has 27 heavy (non-hydrogen) atoms. The fourth-order valence-electron chi connectivity index (χ4n) is 3.01. The van der Waals surface area contributed by atoms with Gasteiger partial charge in [0.1, 0.15) is 5.75 Å². The van der Waals surface area contributed by atoms with E-state index in [2.05, 4.69) is 20.9 Å². The lowest BCUT2D eigenvalue weighted by Gasteiger charge is -2.34. The molecule has 0 radical (unpaired) electrons. The number of nitrogens with zero attached hydrogens (tertiary/aromatic N) is 4. The van der Waals surface area contributed by atoms with E-state index in [1.54, 1.807) is 0 Å². The van der Waals surface area contributed by atoms with E-state index in [4.69, 9.17) is 10.00 Å². The fraction of sp³-hybridized carbons (Fsp3) is 0.450. The molecule has 2 aliphatic rings. The molecule has 0 aromatic heterocycles. The van der Waals surface area contributed by atoms with Crippen LogP contribution >= 0.6 is 11.8 Å². The van der Waals surface area contributed by atoms with Crippen LogP contribution in [0.5, 0.6) is 5.75 Å². The highest BCUT2D eigenvalue weighted by Crippen LogP contribution is 2.32. The van der Waals surface area contributed by atoms with Crippen molar-refractivity contribution >= 4 is 28.9 Å². The van der Waals surface area contributed by atoms with E-state index in [1.165, 1.54) is 11.8 Å². The molecule has 142 valence electrons. The lowest BCUT2D eigenvalue weighted by Crippen LogP contribution is -2.47. The number of ether oxygens (including phenoxy) is 1. The third-order valence-corrected chi connectivity index (χ3v) is 5.40. The first-order valence-corrected chi connectivity index (χ1v) is 10.0. The molecule has 2 aliphatic heterocycles. The lowest BCUT2D eigenvalue weighted by atomic mass is 10.2. The van der Waals surface area contributed by atoms with Gasteiger partial charge in [0.2, 0.25) is 0 Å². The number of aliphatic imine (C=N–C) groups is 1. The maximum absolute atomic E-state index is 12.4. The van der Waals surface area contributed by atoms with Gasteiger partial charge in [0.05, 0.1) is 17.1 Å². The summed E-state index contributed by atoms with van der Waals surface area (Å²) in [6, 6.07) is 9.92. The largest absolute Gasteiger partial charge is 0.490 e. The molecule has 0 spiro atoms. The topological polar surface area (TPSA) is 68.9 Å². The average molecular weight is 385 g/mol. The second kappa shape index (κ2) is 9.07. The normalized spacial score (nSPS) is 19.5. The Morgan fingerprint density at radius 1 is 1.30 bits per heavy atom. The number of para-hydroxylation sites is 1. The molecule has 1 aromatic carbocycles. The highest BCUT2D eigenvalue weighted by Gasteiger charge is 2.28. The van der Waals surface area contributed by atoms with E-state index in [9.17, 15) is 4.79 Å². The Bertz CT molecular complexity index is 789. The van der Waals surface area contributed by atoms with Gasteiger partial charge in [-0.05, 0) is 37.8 Å². The van der Waals surface area contributed by atoms with Gasteiger partial charge in [0, 0.05) is 44.7 Å². The van der Waals surface area contributed by atoms with Crippen molar-refractivity contribution in [3.05, 3.63) is 34.7 Å². The minimum absolute atomic E-state index is 0.0700. The van der Waals surface area contributed by atoms with Gasteiger partial charge >= 0.3 is 0 Å². The number of hydrogen-bond donors (Lipinski definition) is 0. The maximum atomic E-state index is 12.4. The van der Waals surface area contributed by atoms with Crippen LogP contribution in [0.25, 0.3) is 6.08 Å². The molecular formula is C20H24N4O2S. The monoisotopic (exact) mass is 384 g/mol. The van der Waals surface area contributed by atoms with Gasteiger partial charge in [-0.2, -0.15) is 10.3 Å². The molecule has 0 aliphatic carbocycles. The quantitative estimate of drug-likeness (QED) is 0.727. The first-order chi connectivity index (χ1) is 13.1. The molecule has 0 atom stereocenters. The molecular weight excluding hydrogens is 360 g/mol. The number of amidine groups is 1. The van der Waals surface area contributed by atoms with Crippen LogP contribution in [0.3, 0.4) is 0 Å². The third kappa shape index (κ3) is 5.12. The Hall–Kier alpha value is -2.30. The summed E-state index contributed by atoms with van der Waals surface area (Å²) in [4.78, 5) is 21.7. The van der Waals surface area contributed by atoms with Crippen LogP contribution in [0, 0.1) is 11.3 Å². The number of amides is 1. The molecule has 0 unspecified atom stereocenters. The molecule has 1 amide bonds. The van der Waals surface area contributed by atoms with Crippen LogP contribution in [0.15, 0.2) is 34.2 Å². The van der Waals surface area contributed by atoms with Crippen molar-refractivity contribution in [2.24, 2.45) is 4.99 Å². The molecule has 6 nitrogen and oxygen atoms in total. The second-order valence-electron chi connectivity index (χ2n) is 6.75. The third-order valence-electron chi connectivity index (χ3n) is 4.36. The summed E-state index contributed by atoms with van der Waals surface area (Å²) < 4.78 is 5.84. The second-order valence-corrected chi connectivity index (χ2v) is 7.76. The first-order valence-electron chi connectivity index (χ1n) is 9.19. The molecule has 0 N–H and O–H groups in total. The molecule has 2 heterocycles. The van der Waals surface area contributed by atoms with Crippen LogP contribution in [0.4, 0.5) is 0 Å². The van der Waals surface area contributed by atoms with Crippen LogP contribution in [-0.4, -0.2) is 59.7 Å². The summed E-state index contributed by atoms with van der Waals surface area (Å²) in [6.45, 7) is 8.20. The van der Waals surface area contributed by atoms with E-state index in [-0.39, 0.29) is 12.0 Å². The Morgan fingerprint density at radius 3 is 2.74 bits per heavy atom. The minimum Gasteiger partial charge on any atom is -0.490 e. The highest BCUT2D eigenvalue weighted by molar-refractivity contribution is 8.18. The standard InChI is InChI=1S/C20H24N4O2S/c1-15(2)26-17-7-4-3-6-16(17)14-18-19(25)22-20(27-18)24-12-10-23(11-13-24)9-5-8-21/h3-4,6-7,14-15H,5,9-13H2,1-2H3. The number of carbonyl (C=O) groups excluding carboxylic acids is 1. The maximum Gasteiger partial charge on any atom is 0.286 e. The Kier molecular flexibility index (Phi) is 6.54. The average Bonchev–Trinajstić information content (AvgIpc) is 3.02. The van der Waals surface area contributed by atoms with Crippen LogP contribution in [0.2, 0.25) is 0 Å². The molecule has 3 rings (SSSR count). The van der Waals surface area contributed by atoms with Crippen LogP contribution in [0.1, 0.15) is 25.8 Å². The zero-order valence-corrected chi connectivity index (χ0v) is 16.5. The van der Waals surface area contributed by atoms with E-state index in [0.29, 0.717) is 11.3 Å². The molecule has 1 aromatic rings. The van der Waals surface area contributed by atoms with E-state index >= 15 is 0 Å². The van der Waals surface area contributed by atoms with Crippen molar-refractivity contribution in [2.75, 3.05) is 32.7 Å². The van der Waals surface area contributed by atoms with Gasteiger partial charge in [0.15, 0.2) is 5.17 Å². The van der Waals surface area contributed by atoms with Crippen molar-refractivity contribution in [1.82, 2.24) is 9.80 Å². The number of rotatable bonds is 5. The predicted octanol–water partition coefficient (Wildman–Crippen LogP) is 2.98. The molecule has 1 fully saturated rings. The predicted molar refractivity (Wildman–Crippen MR) is 108 cm³/mol. The van der Waals surface area contributed by atoms with E-state index < -0.39 is 0 Å². The van der Waals surface area contributed by atoms with Gasteiger partial charge in [-0.25, -0.2) is 0 Å². The van der Waals surface area contributed by atoms with Crippen molar-refractivity contribution in [2.45, 2.75) is 26.4 Å².